The van der Waals surface area contributed by atoms with Gasteiger partial charge in [-0.15, -0.1) is 16.4 Å². The summed E-state index contributed by atoms with van der Waals surface area (Å²) in [7, 11) is 0. The van der Waals surface area contributed by atoms with Gasteiger partial charge in [0.25, 0.3) is 5.91 Å². The fourth-order valence-electron chi connectivity index (χ4n) is 3.80. The van der Waals surface area contributed by atoms with Crippen molar-refractivity contribution in [2.24, 2.45) is 0 Å². The molecule has 0 fully saturated rings. The molecule has 1 aliphatic carbocycles. The van der Waals surface area contributed by atoms with Gasteiger partial charge in [0.05, 0.1) is 16.8 Å². The number of aryl methyl sites for hydroxylation is 2. The smallest absolute Gasteiger partial charge is 0.397 e. The average molecular weight is 449 g/mol. The zero-order chi connectivity index (χ0) is 22.4. The van der Waals surface area contributed by atoms with Crippen LogP contribution < -0.4 is 11.1 Å². The van der Waals surface area contributed by atoms with Crippen molar-refractivity contribution in [1.82, 2.24) is 15.5 Å². The Labute approximate surface area is 181 Å². The number of anilines is 1. The summed E-state index contributed by atoms with van der Waals surface area (Å²) in [5.41, 5.74) is 7.72. The maximum Gasteiger partial charge on any atom is 0.397 e. The van der Waals surface area contributed by atoms with E-state index in [1.807, 2.05) is 0 Å². The maximum atomic E-state index is 13.2. The molecule has 2 heterocycles. The molecule has 0 bridgehead atoms. The lowest BCUT2D eigenvalue weighted by Crippen LogP contribution is -2.36. The van der Waals surface area contributed by atoms with Crippen LogP contribution in [0.4, 0.5) is 18.9 Å². The van der Waals surface area contributed by atoms with Gasteiger partial charge in [0.1, 0.15) is 9.71 Å². The van der Waals surface area contributed by atoms with E-state index in [1.54, 1.807) is 12.1 Å². The number of nitrogens with one attached hydrogen (secondary N) is 1. The quantitative estimate of drug-likeness (QED) is 0.594. The van der Waals surface area contributed by atoms with Gasteiger partial charge >= 0.3 is 6.18 Å². The number of nitrogen functional groups attached to an aromatic ring is 1. The van der Waals surface area contributed by atoms with E-state index in [4.69, 9.17) is 5.73 Å². The summed E-state index contributed by atoms with van der Waals surface area (Å²) >= 11 is 1.21. The Morgan fingerprint density at radius 1 is 1.13 bits per heavy atom. The predicted molar refractivity (Wildman–Crippen MR) is 115 cm³/mol. The van der Waals surface area contributed by atoms with E-state index in [2.05, 4.69) is 15.5 Å². The van der Waals surface area contributed by atoms with Gasteiger partial charge in [0, 0.05) is 11.9 Å². The first-order chi connectivity index (χ1) is 14.6. The van der Waals surface area contributed by atoms with E-state index in [0.717, 1.165) is 56.2 Å². The molecule has 0 saturated heterocycles. The van der Waals surface area contributed by atoms with Crippen LogP contribution in [0.3, 0.4) is 0 Å². The van der Waals surface area contributed by atoms with Crippen molar-refractivity contribution in [3.8, 4) is 0 Å². The first-order valence-corrected chi connectivity index (χ1v) is 10.9. The number of aromatic nitrogens is 2. The third kappa shape index (κ3) is 3.86. The van der Waals surface area contributed by atoms with Crippen LogP contribution in [0.2, 0.25) is 0 Å². The van der Waals surface area contributed by atoms with Gasteiger partial charge in [0.2, 0.25) is 0 Å². The number of hydrogen-bond donors (Lipinski definition) is 2. The fourth-order valence-corrected chi connectivity index (χ4v) is 4.79. The van der Waals surface area contributed by atoms with Gasteiger partial charge in [-0.1, -0.05) is 24.3 Å². The number of thiophene rings is 1. The SMILES string of the molecule is CC(C)(c1ccc(CNC(=O)c2sc3nnc4c(c3c2N)CCCC4)cc1)C(F)(F)F. The number of carbonyl (C=O) groups excluding carboxylic acids is 1. The van der Waals surface area contributed by atoms with E-state index in [1.165, 1.54) is 23.5 Å². The number of carbonyl (C=O) groups is 1. The van der Waals surface area contributed by atoms with Crippen LogP contribution >= 0.6 is 11.3 Å². The molecule has 4 rings (SSSR count). The van der Waals surface area contributed by atoms with Gasteiger partial charge in [-0.2, -0.15) is 18.3 Å². The number of nitrogens with zero attached hydrogens (tertiary/aromatic N) is 2. The molecule has 0 radical (unpaired) electrons. The van der Waals surface area contributed by atoms with Crippen molar-refractivity contribution < 1.29 is 18.0 Å². The Morgan fingerprint density at radius 3 is 2.48 bits per heavy atom. The molecule has 3 N–H and O–H groups in total. The average Bonchev–Trinajstić information content (AvgIpc) is 3.08. The fraction of sp³-hybridized carbons (Fsp3) is 0.409. The van der Waals surface area contributed by atoms with E-state index in [0.29, 0.717) is 21.0 Å². The Bertz CT molecular complexity index is 1140. The molecule has 5 nitrogen and oxygen atoms in total. The summed E-state index contributed by atoms with van der Waals surface area (Å²) in [5, 5.41) is 12.2. The van der Waals surface area contributed by atoms with Gasteiger partial charge < -0.3 is 11.1 Å². The minimum atomic E-state index is -4.34. The summed E-state index contributed by atoms with van der Waals surface area (Å²) in [6.07, 6.45) is -0.459. The first-order valence-electron chi connectivity index (χ1n) is 10.1. The van der Waals surface area contributed by atoms with Crippen LogP contribution in [0.15, 0.2) is 24.3 Å². The zero-order valence-electron chi connectivity index (χ0n) is 17.3. The Morgan fingerprint density at radius 2 is 1.81 bits per heavy atom. The lowest BCUT2D eigenvalue weighted by atomic mass is 9.83. The molecule has 0 saturated carbocycles. The van der Waals surface area contributed by atoms with Crippen molar-refractivity contribution in [2.45, 2.75) is 57.7 Å². The molecule has 1 aliphatic rings. The molecule has 0 aliphatic heterocycles. The molecule has 0 atom stereocenters. The van der Waals surface area contributed by atoms with Crippen molar-refractivity contribution in [2.75, 3.05) is 5.73 Å². The highest BCUT2D eigenvalue weighted by Gasteiger charge is 2.48. The minimum absolute atomic E-state index is 0.173. The Balaban J connectivity index is 1.51. The summed E-state index contributed by atoms with van der Waals surface area (Å²) in [6.45, 7) is 2.48. The topological polar surface area (TPSA) is 80.9 Å². The minimum Gasteiger partial charge on any atom is -0.397 e. The standard InChI is InChI=1S/C22H23F3N4OS/c1-21(2,22(23,24)25)13-9-7-12(8-10-13)11-27-19(30)18-17(26)16-14-5-3-4-6-15(14)28-29-20(16)31-18/h7-10H,3-6,11,26H2,1-2H3,(H,27,30). The molecular weight excluding hydrogens is 425 g/mol. The van der Waals surface area contributed by atoms with E-state index < -0.39 is 11.6 Å². The second-order valence-electron chi connectivity index (χ2n) is 8.36. The summed E-state index contributed by atoms with van der Waals surface area (Å²) in [4.78, 5) is 13.8. The van der Waals surface area contributed by atoms with E-state index >= 15 is 0 Å². The van der Waals surface area contributed by atoms with Crippen LogP contribution in [-0.2, 0) is 24.8 Å². The number of rotatable bonds is 4. The predicted octanol–water partition coefficient (Wildman–Crippen LogP) is 4.92. The summed E-state index contributed by atoms with van der Waals surface area (Å²) in [6, 6.07) is 6.09. The summed E-state index contributed by atoms with van der Waals surface area (Å²) < 4.78 is 39.6. The largest absolute Gasteiger partial charge is 0.397 e. The van der Waals surface area contributed by atoms with Crippen LogP contribution in [0, 0.1) is 0 Å². The molecule has 0 unspecified atom stereocenters. The van der Waals surface area contributed by atoms with Gasteiger partial charge in [-0.3, -0.25) is 4.79 Å². The maximum absolute atomic E-state index is 13.2. The van der Waals surface area contributed by atoms with Crippen molar-refractivity contribution in [1.29, 1.82) is 0 Å². The number of fused-ring (bicyclic) bond motifs is 3. The highest BCUT2D eigenvalue weighted by Crippen LogP contribution is 2.40. The Kier molecular flexibility index (Phi) is 5.41. The number of halogens is 3. The molecule has 1 aromatic carbocycles. The van der Waals surface area contributed by atoms with Crippen molar-refractivity contribution >= 4 is 33.1 Å². The molecule has 1 amide bonds. The molecule has 2 aromatic heterocycles. The van der Waals surface area contributed by atoms with Crippen molar-refractivity contribution in [3.05, 3.63) is 51.5 Å². The van der Waals surface area contributed by atoms with Gasteiger partial charge in [-0.05, 0) is 56.2 Å². The highest BCUT2D eigenvalue weighted by atomic mass is 32.1. The monoisotopic (exact) mass is 448 g/mol. The van der Waals surface area contributed by atoms with Crippen LogP contribution in [0.1, 0.15) is 58.7 Å². The van der Waals surface area contributed by atoms with Crippen LogP contribution in [-0.4, -0.2) is 22.3 Å². The highest BCUT2D eigenvalue weighted by molar-refractivity contribution is 7.21. The first kappa shape index (κ1) is 21.5. The number of hydrogen-bond acceptors (Lipinski definition) is 5. The molecule has 0 spiro atoms. The number of nitrogens with two attached hydrogens (primary N) is 1. The number of alkyl halides is 3. The second-order valence-corrected chi connectivity index (χ2v) is 9.36. The van der Waals surface area contributed by atoms with E-state index in [9.17, 15) is 18.0 Å². The number of amides is 1. The molecule has 9 heteroatoms. The van der Waals surface area contributed by atoms with Crippen LogP contribution in [0.25, 0.3) is 10.2 Å². The molecule has 164 valence electrons. The van der Waals surface area contributed by atoms with Crippen LogP contribution in [0.5, 0.6) is 0 Å². The Hall–Kier alpha value is -2.68. The molecule has 3 aromatic rings. The third-order valence-electron chi connectivity index (χ3n) is 5.97. The summed E-state index contributed by atoms with van der Waals surface area (Å²) in [5.74, 6) is -0.329. The third-order valence-corrected chi connectivity index (χ3v) is 7.06. The zero-order valence-corrected chi connectivity index (χ0v) is 18.1. The molecular formula is C22H23F3N4OS. The number of benzene rings is 1. The molecule has 31 heavy (non-hydrogen) atoms. The lowest BCUT2D eigenvalue weighted by molar-refractivity contribution is -0.180. The second kappa shape index (κ2) is 7.78. The lowest BCUT2D eigenvalue weighted by Gasteiger charge is -2.28. The van der Waals surface area contributed by atoms with Gasteiger partial charge in [-0.25, -0.2) is 0 Å². The van der Waals surface area contributed by atoms with Gasteiger partial charge in [0.15, 0.2) is 0 Å². The van der Waals surface area contributed by atoms with Crippen molar-refractivity contribution in [3.63, 3.8) is 0 Å². The van der Waals surface area contributed by atoms with E-state index in [-0.39, 0.29) is 18.0 Å². The normalized spacial score (nSPS) is 14.5.